The second kappa shape index (κ2) is 7.69. The van der Waals surface area contributed by atoms with Gasteiger partial charge in [0.15, 0.2) is 0 Å². The highest BCUT2D eigenvalue weighted by atomic mass is 16.3. The monoisotopic (exact) mass is 215 g/mol. The number of nitrogens with two attached hydrogens (primary N) is 1. The summed E-state index contributed by atoms with van der Waals surface area (Å²) in [5.74, 6) is -0.563. The lowest BCUT2D eigenvalue weighted by atomic mass is 9.90. The molecule has 0 aliphatic rings. The van der Waals surface area contributed by atoms with Gasteiger partial charge in [0.05, 0.1) is 0 Å². The van der Waals surface area contributed by atoms with Gasteiger partial charge in [-0.25, -0.2) is 0 Å². The van der Waals surface area contributed by atoms with Gasteiger partial charge in [0.2, 0.25) is 5.91 Å². The van der Waals surface area contributed by atoms with Gasteiger partial charge >= 0.3 is 0 Å². The second-order valence-electron chi connectivity index (χ2n) is 4.31. The molecule has 0 heterocycles. The van der Waals surface area contributed by atoms with Crippen LogP contribution in [-0.2, 0) is 4.79 Å². The SMILES string of the molecule is CCCCCCC(O)(CCCC)C(N)=O. The molecule has 0 saturated carbocycles. The first-order chi connectivity index (χ1) is 7.06. The van der Waals surface area contributed by atoms with E-state index in [2.05, 4.69) is 6.92 Å². The Morgan fingerprint density at radius 1 is 1.07 bits per heavy atom. The Morgan fingerprint density at radius 3 is 2.07 bits per heavy atom. The fraction of sp³-hybridized carbons (Fsp3) is 0.917. The third-order valence-electron chi connectivity index (χ3n) is 2.85. The zero-order valence-electron chi connectivity index (χ0n) is 10.1. The zero-order chi connectivity index (χ0) is 11.7. The molecule has 3 heteroatoms. The molecular formula is C12H25NO2. The van der Waals surface area contributed by atoms with Gasteiger partial charge in [-0.05, 0) is 12.8 Å². The molecule has 0 aromatic heterocycles. The number of amides is 1. The minimum absolute atomic E-state index is 0.505. The largest absolute Gasteiger partial charge is 0.380 e. The normalized spacial score (nSPS) is 14.9. The first-order valence-corrected chi connectivity index (χ1v) is 6.09. The quantitative estimate of drug-likeness (QED) is 0.580. The summed E-state index contributed by atoms with van der Waals surface area (Å²) in [6.07, 6.45) is 7.12. The Kier molecular flexibility index (Phi) is 7.39. The van der Waals surface area contributed by atoms with Crippen LogP contribution in [0, 0.1) is 0 Å². The first kappa shape index (κ1) is 14.4. The van der Waals surface area contributed by atoms with E-state index in [1.54, 1.807) is 0 Å². The van der Waals surface area contributed by atoms with E-state index in [1.807, 2.05) is 6.92 Å². The number of hydrogen-bond acceptors (Lipinski definition) is 2. The lowest BCUT2D eigenvalue weighted by molar-refractivity contribution is -0.138. The van der Waals surface area contributed by atoms with Gasteiger partial charge in [0, 0.05) is 0 Å². The molecule has 3 nitrogen and oxygen atoms in total. The van der Waals surface area contributed by atoms with Crippen molar-refractivity contribution in [3.05, 3.63) is 0 Å². The summed E-state index contributed by atoms with van der Waals surface area (Å²) >= 11 is 0. The van der Waals surface area contributed by atoms with E-state index in [1.165, 1.54) is 0 Å². The molecule has 1 amide bonds. The van der Waals surface area contributed by atoms with E-state index in [4.69, 9.17) is 5.73 Å². The highest BCUT2D eigenvalue weighted by molar-refractivity contribution is 5.83. The third-order valence-corrected chi connectivity index (χ3v) is 2.85. The molecule has 0 aliphatic carbocycles. The summed E-state index contributed by atoms with van der Waals surface area (Å²) in [6.45, 7) is 4.18. The lowest BCUT2D eigenvalue weighted by Crippen LogP contribution is -2.43. The smallest absolute Gasteiger partial charge is 0.249 e. The molecule has 0 fully saturated rings. The van der Waals surface area contributed by atoms with E-state index in [9.17, 15) is 9.90 Å². The molecule has 0 rings (SSSR count). The van der Waals surface area contributed by atoms with E-state index in [0.29, 0.717) is 12.8 Å². The number of carbonyl (C=O) groups excluding carboxylic acids is 1. The molecule has 0 aliphatic heterocycles. The molecule has 3 N–H and O–H groups in total. The molecule has 15 heavy (non-hydrogen) atoms. The van der Waals surface area contributed by atoms with Crippen LogP contribution in [0.2, 0.25) is 0 Å². The lowest BCUT2D eigenvalue weighted by Gasteiger charge is -2.24. The third kappa shape index (κ3) is 5.78. The minimum atomic E-state index is -1.26. The van der Waals surface area contributed by atoms with Gasteiger partial charge in [0.1, 0.15) is 5.60 Å². The van der Waals surface area contributed by atoms with Crippen LogP contribution in [0.3, 0.4) is 0 Å². The van der Waals surface area contributed by atoms with Crippen molar-refractivity contribution in [1.82, 2.24) is 0 Å². The van der Waals surface area contributed by atoms with Crippen LogP contribution in [0.25, 0.3) is 0 Å². The Labute approximate surface area is 93.0 Å². The molecule has 1 unspecified atom stereocenters. The molecule has 0 spiro atoms. The van der Waals surface area contributed by atoms with Crippen molar-refractivity contribution in [2.45, 2.75) is 70.8 Å². The van der Waals surface area contributed by atoms with Crippen molar-refractivity contribution in [3.63, 3.8) is 0 Å². The Morgan fingerprint density at radius 2 is 1.60 bits per heavy atom. The highest BCUT2D eigenvalue weighted by Gasteiger charge is 2.31. The van der Waals surface area contributed by atoms with Crippen molar-refractivity contribution in [3.8, 4) is 0 Å². The van der Waals surface area contributed by atoms with Crippen molar-refractivity contribution < 1.29 is 9.90 Å². The Bertz CT molecular complexity index is 182. The average molecular weight is 215 g/mol. The predicted octanol–water partition coefficient (Wildman–Crippen LogP) is 2.36. The minimum Gasteiger partial charge on any atom is -0.380 e. The van der Waals surface area contributed by atoms with Crippen molar-refractivity contribution in [2.75, 3.05) is 0 Å². The number of unbranched alkanes of at least 4 members (excludes halogenated alkanes) is 4. The number of hydrogen-bond donors (Lipinski definition) is 2. The molecule has 0 bridgehead atoms. The topological polar surface area (TPSA) is 63.3 Å². The maximum atomic E-state index is 11.2. The summed E-state index contributed by atoms with van der Waals surface area (Å²) in [5.41, 5.74) is 3.98. The number of carbonyl (C=O) groups is 1. The maximum Gasteiger partial charge on any atom is 0.249 e. The summed E-state index contributed by atoms with van der Waals surface area (Å²) in [7, 11) is 0. The summed E-state index contributed by atoms with van der Waals surface area (Å²) < 4.78 is 0. The Hall–Kier alpha value is -0.570. The molecule has 0 aromatic carbocycles. The fourth-order valence-electron chi connectivity index (χ4n) is 1.68. The van der Waals surface area contributed by atoms with Gasteiger partial charge < -0.3 is 10.8 Å². The second-order valence-corrected chi connectivity index (χ2v) is 4.31. The van der Waals surface area contributed by atoms with E-state index < -0.39 is 11.5 Å². The number of aliphatic hydroxyl groups is 1. The van der Waals surface area contributed by atoms with Crippen LogP contribution >= 0.6 is 0 Å². The standard InChI is InChI=1S/C12H25NO2/c1-3-5-7-8-10-12(15,11(13)14)9-6-4-2/h15H,3-10H2,1-2H3,(H2,13,14). The van der Waals surface area contributed by atoms with Gasteiger partial charge in [-0.2, -0.15) is 0 Å². The summed E-state index contributed by atoms with van der Waals surface area (Å²) in [6, 6.07) is 0. The van der Waals surface area contributed by atoms with Crippen LogP contribution in [0.5, 0.6) is 0 Å². The van der Waals surface area contributed by atoms with Crippen molar-refractivity contribution >= 4 is 5.91 Å². The van der Waals surface area contributed by atoms with Gasteiger partial charge in [0.25, 0.3) is 0 Å². The molecule has 90 valence electrons. The average Bonchev–Trinajstić information content (AvgIpc) is 2.21. The highest BCUT2D eigenvalue weighted by Crippen LogP contribution is 2.21. The van der Waals surface area contributed by atoms with Gasteiger partial charge in [-0.3, -0.25) is 4.79 Å². The molecule has 0 radical (unpaired) electrons. The molecular weight excluding hydrogens is 190 g/mol. The molecule has 1 atom stereocenters. The summed E-state index contributed by atoms with van der Waals surface area (Å²) in [4.78, 5) is 11.2. The maximum absolute atomic E-state index is 11.2. The Balaban J connectivity index is 3.96. The van der Waals surface area contributed by atoms with Crippen LogP contribution in [-0.4, -0.2) is 16.6 Å². The van der Waals surface area contributed by atoms with Crippen molar-refractivity contribution in [1.29, 1.82) is 0 Å². The van der Waals surface area contributed by atoms with E-state index in [-0.39, 0.29) is 0 Å². The number of rotatable bonds is 9. The van der Waals surface area contributed by atoms with E-state index >= 15 is 0 Å². The first-order valence-electron chi connectivity index (χ1n) is 6.09. The van der Waals surface area contributed by atoms with Crippen LogP contribution < -0.4 is 5.73 Å². The van der Waals surface area contributed by atoms with E-state index in [0.717, 1.165) is 38.5 Å². The summed E-state index contributed by atoms with van der Waals surface area (Å²) in [5, 5.41) is 10.0. The van der Waals surface area contributed by atoms with Crippen LogP contribution in [0.4, 0.5) is 0 Å². The number of primary amides is 1. The van der Waals surface area contributed by atoms with Gasteiger partial charge in [-0.15, -0.1) is 0 Å². The zero-order valence-corrected chi connectivity index (χ0v) is 10.1. The van der Waals surface area contributed by atoms with Crippen molar-refractivity contribution in [2.24, 2.45) is 5.73 Å². The fourth-order valence-corrected chi connectivity index (χ4v) is 1.68. The molecule has 0 aromatic rings. The van der Waals surface area contributed by atoms with Crippen LogP contribution in [0.15, 0.2) is 0 Å². The predicted molar refractivity (Wildman–Crippen MR) is 62.4 cm³/mol. The van der Waals surface area contributed by atoms with Gasteiger partial charge in [-0.1, -0.05) is 52.4 Å². The molecule has 0 saturated heterocycles. The van der Waals surface area contributed by atoms with Crippen LogP contribution in [0.1, 0.15) is 65.2 Å².